The van der Waals surface area contributed by atoms with E-state index in [0.717, 1.165) is 6.42 Å². The summed E-state index contributed by atoms with van der Waals surface area (Å²) in [6.45, 7) is 0.460. The van der Waals surface area contributed by atoms with Crippen LogP contribution >= 0.6 is 47.2 Å². The maximum atomic E-state index is 12.7. The van der Waals surface area contributed by atoms with Gasteiger partial charge in [-0.05, 0) is 54.8 Å². The summed E-state index contributed by atoms with van der Waals surface area (Å²) in [7, 11) is -3.77. The van der Waals surface area contributed by atoms with Crippen LogP contribution in [0.1, 0.15) is 31.2 Å². The number of nitrogens with zero attached hydrogens (tertiary/aromatic N) is 1. The number of benzene rings is 2. The van der Waals surface area contributed by atoms with E-state index in [-0.39, 0.29) is 16.7 Å². The zero-order chi connectivity index (χ0) is 24.9. The van der Waals surface area contributed by atoms with E-state index in [1.165, 1.54) is 36.0 Å². The molecule has 12 heteroatoms. The van der Waals surface area contributed by atoms with Crippen molar-refractivity contribution in [1.29, 1.82) is 0 Å². The first-order valence-corrected chi connectivity index (χ1v) is 13.7. The quantitative estimate of drug-likeness (QED) is 0.254. The second-order valence-electron chi connectivity index (χ2n) is 7.40. The van der Waals surface area contributed by atoms with Crippen molar-refractivity contribution < 1.29 is 18.0 Å². The minimum absolute atomic E-state index is 0.0216. The lowest BCUT2D eigenvalue weighted by atomic mass is 10.1. The molecule has 0 radical (unpaired) electrons. The van der Waals surface area contributed by atoms with Gasteiger partial charge in [-0.25, -0.2) is 13.6 Å². The minimum atomic E-state index is -3.77. The fourth-order valence-electron chi connectivity index (χ4n) is 3.15. The van der Waals surface area contributed by atoms with Crippen LogP contribution in [0.15, 0.2) is 52.3 Å². The van der Waals surface area contributed by atoms with Crippen molar-refractivity contribution in [2.24, 2.45) is 5.14 Å². The van der Waals surface area contributed by atoms with Gasteiger partial charge in [0.2, 0.25) is 15.9 Å². The Bertz CT molecular complexity index is 1250. The van der Waals surface area contributed by atoms with Gasteiger partial charge in [0.1, 0.15) is 4.32 Å². The lowest BCUT2D eigenvalue weighted by molar-refractivity contribution is -0.122. The smallest absolute Gasteiger partial charge is 0.266 e. The fraction of sp³-hybridized carbons (Fsp3) is 0.227. The first kappa shape index (κ1) is 26.7. The Morgan fingerprint density at radius 2 is 1.82 bits per heavy atom. The van der Waals surface area contributed by atoms with E-state index in [4.69, 9.17) is 40.6 Å². The van der Waals surface area contributed by atoms with Crippen LogP contribution < -0.4 is 10.5 Å². The van der Waals surface area contributed by atoms with E-state index in [0.29, 0.717) is 56.3 Å². The largest absolute Gasteiger partial charge is 0.326 e. The third-order valence-corrected chi connectivity index (χ3v) is 8.03. The van der Waals surface area contributed by atoms with Crippen LogP contribution in [0.4, 0.5) is 5.69 Å². The number of rotatable bonds is 9. The monoisotopic (exact) mass is 557 g/mol. The molecule has 2 aromatic rings. The number of hydrogen-bond donors (Lipinski definition) is 2. The number of carbonyl (C=O) groups excluding carboxylic acids is 2. The molecular weight excluding hydrogens is 537 g/mol. The number of nitrogens with two attached hydrogens (primary N) is 1. The molecule has 1 saturated heterocycles. The molecule has 3 rings (SSSR count). The van der Waals surface area contributed by atoms with Gasteiger partial charge >= 0.3 is 0 Å². The van der Waals surface area contributed by atoms with E-state index >= 15 is 0 Å². The minimum Gasteiger partial charge on any atom is -0.326 e. The Balaban J connectivity index is 1.43. The molecule has 0 unspecified atom stereocenters. The van der Waals surface area contributed by atoms with E-state index in [1.807, 2.05) is 0 Å². The number of amides is 2. The molecule has 2 aromatic carbocycles. The van der Waals surface area contributed by atoms with Crippen molar-refractivity contribution in [3.63, 3.8) is 0 Å². The fourth-order valence-corrected chi connectivity index (χ4v) is 5.33. The molecule has 1 heterocycles. The van der Waals surface area contributed by atoms with Crippen LogP contribution in [0.25, 0.3) is 6.08 Å². The number of thioether (sulfide) groups is 1. The highest BCUT2D eigenvalue weighted by Crippen LogP contribution is 2.35. The third-order valence-electron chi connectivity index (χ3n) is 4.89. The second kappa shape index (κ2) is 11.7. The van der Waals surface area contributed by atoms with E-state index in [9.17, 15) is 18.0 Å². The maximum Gasteiger partial charge on any atom is 0.266 e. The predicted molar refractivity (Wildman–Crippen MR) is 141 cm³/mol. The zero-order valence-corrected chi connectivity index (χ0v) is 21.8. The van der Waals surface area contributed by atoms with Crippen molar-refractivity contribution in [2.45, 2.75) is 30.6 Å². The molecule has 0 bridgehead atoms. The van der Waals surface area contributed by atoms with Gasteiger partial charge in [0, 0.05) is 18.7 Å². The summed E-state index contributed by atoms with van der Waals surface area (Å²) in [5.41, 5.74) is 1.14. The molecular formula is C22H21Cl2N3O4S3. The number of thiocarbonyl (C=S) groups is 1. The van der Waals surface area contributed by atoms with Gasteiger partial charge in [0.15, 0.2) is 0 Å². The number of halogens is 2. The first-order valence-electron chi connectivity index (χ1n) is 10.2. The number of hydrogen-bond acceptors (Lipinski definition) is 6. The van der Waals surface area contributed by atoms with E-state index < -0.39 is 10.0 Å². The Morgan fingerprint density at radius 3 is 2.50 bits per heavy atom. The molecule has 0 atom stereocenters. The third kappa shape index (κ3) is 7.03. The zero-order valence-electron chi connectivity index (χ0n) is 17.8. The summed E-state index contributed by atoms with van der Waals surface area (Å²) >= 11 is 18.8. The maximum absolute atomic E-state index is 12.7. The Kier molecular flexibility index (Phi) is 9.14. The van der Waals surface area contributed by atoms with Crippen molar-refractivity contribution in [3.05, 3.63) is 63.0 Å². The molecule has 0 saturated carbocycles. The number of nitrogens with one attached hydrogen (secondary N) is 1. The first-order chi connectivity index (χ1) is 16.1. The molecule has 0 spiro atoms. The Morgan fingerprint density at radius 1 is 1.12 bits per heavy atom. The number of primary sulfonamides is 1. The normalized spacial score (nSPS) is 15.3. The van der Waals surface area contributed by atoms with Crippen LogP contribution in [0.3, 0.4) is 0 Å². The summed E-state index contributed by atoms with van der Waals surface area (Å²) in [6, 6.07) is 10.9. The predicted octanol–water partition coefficient (Wildman–Crippen LogP) is 5.04. The van der Waals surface area contributed by atoms with Gasteiger partial charge in [-0.15, -0.1) is 0 Å². The lowest BCUT2D eigenvalue weighted by Crippen LogP contribution is -2.29. The molecule has 180 valence electrons. The van der Waals surface area contributed by atoms with Crippen LogP contribution in [0, 0.1) is 0 Å². The summed E-state index contributed by atoms with van der Waals surface area (Å²) < 4.78 is 23.0. The van der Waals surface area contributed by atoms with Gasteiger partial charge in [-0.2, -0.15) is 0 Å². The molecule has 1 aliphatic heterocycles. The highest BCUT2D eigenvalue weighted by molar-refractivity contribution is 8.26. The number of carbonyl (C=O) groups is 2. The van der Waals surface area contributed by atoms with Gasteiger partial charge in [0.05, 0.1) is 19.8 Å². The molecule has 3 N–H and O–H groups in total. The van der Waals surface area contributed by atoms with Crippen molar-refractivity contribution in [3.8, 4) is 0 Å². The van der Waals surface area contributed by atoms with Crippen LogP contribution in [-0.4, -0.2) is 36.0 Å². The topological polar surface area (TPSA) is 110 Å². The standard InChI is InChI=1S/C22H21Cl2N3O4S3/c23-17-6-4-5-14(20(17)24)13-18-21(29)27(22(32)33-18)12-3-1-2-7-19(28)26-15-8-10-16(11-9-15)34(25,30)31/h4-6,8-11,13H,1-3,7,12H2,(H,26,28)(H2,25,30,31)/b18-13-. The summed E-state index contributed by atoms with van der Waals surface area (Å²) in [6.07, 6.45) is 4.03. The second-order valence-corrected chi connectivity index (χ2v) is 11.4. The van der Waals surface area contributed by atoms with Crippen molar-refractivity contribution in [1.82, 2.24) is 4.90 Å². The van der Waals surface area contributed by atoms with Crippen molar-refractivity contribution in [2.75, 3.05) is 11.9 Å². The summed E-state index contributed by atoms with van der Waals surface area (Å²) in [5, 5.41) is 8.56. The average Bonchev–Trinajstić information content (AvgIpc) is 3.03. The highest BCUT2D eigenvalue weighted by Gasteiger charge is 2.31. The number of unbranched alkanes of at least 4 members (excludes halogenated alkanes) is 2. The summed E-state index contributed by atoms with van der Waals surface area (Å²) in [5.74, 6) is -0.359. The Labute approximate surface area is 217 Å². The molecule has 0 aliphatic carbocycles. The molecule has 7 nitrogen and oxygen atoms in total. The van der Waals surface area contributed by atoms with Crippen LogP contribution in [-0.2, 0) is 19.6 Å². The van der Waals surface area contributed by atoms with Gasteiger partial charge in [0.25, 0.3) is 5.91 Å². The van der Waals surface area contributed by atoms with Gasteiger partial charge < -0.3 is 5.32 Å². The number of anilines is 1. The number of sulfonamides is 1. The summed E-state index contributed by atoms with van der Waals surface area (Å²) in [4.78, 5) is 26.9. The molecule has 1 aliphatic rings. The molecule has 2 amide bonds. The van der Waals surface area contributed by atoms with Crippen LogP contribution in [0.2, 0.25) is 10.0 Å². The molecule has 1 fully saturated rings. The van der Waals surface area contributed by atoms with Crippen LogP contribution in [0.5, 0.6) is 0 Å². The SMILES string of the molecule is NS(=O)(=O)c1ccc(NC(=O)CCCCCN2C(=O)/C(=C/c3cccc(Cl)c3Cl)SC2=S)cc1. The Hall–Kier alpha value is -1.95. The van der Waals surface area contributed by atoms with E-state index in [1.54, 1.807) is 29.2 Å². The van der Waals surface area contributed by atoms with Crippen molar-refractivity contribution >= 4 is 85.1 Å². The van der Waals surface area contributed by atoms with Gasteiger partial charge in [-0.1, -0.05) is 65.7 Å². The van der Waals surface area contributed by atoms with E-state index in [2.05, 4.69) is 5.32 Å². The lowest BCUT2D eigenvalue weighted by Gasteiger charge is -2.14. The van der Waals surface area contributed by atoms with Gasteiger partial charge in [-0.3, -0.25) is 14.5 Å². The molecule has 0 aromatic heterocycles. The molecule has 34 heavy (non-hydrogen) atoms. The highest BCUT2D eigenvalue weighted by atomic mass is 35.5. The average molecular weight is 559 g/mol.